The standard InChI is InChI=1S/C22H29N3O6/c1-2-3-4-7-20(28)25-12-5-6-18(25)21(29)23-14-19(27)24-17(22(30)31)13-15-8-10-16(26)11-9-15/h2,8-11,17-18,26H,1,3-7,12-14H2,(H,23,29)(H,24,27)(H,30,31)/t17?,18-/m0/s1. The maximum atomic E-state index is 12.5. The van der Waals surface area contributed by atoms with Gasteiger partial charge in [0, 0.05) is 19.4 Å². The third-order valence-electron chi connectivity index (χ3n) is 5.11. The van der Waals surface area contributed by atoms with Crippen LogP contribution in [-0.4, -0.2) is 64.0 Å². The number of hydrogen-bond acceptors (Lipinski definition) is 5. The highest BCUT2D eigenvalue weighted by atomic mass is 16.4. The fourth-order valence-corrected chi connectivity index (χ4v) is 3.48. The monoisotopic (exact) mass is 431 g/mol. The molecule has 0 spiro atoms. The van der Waals surface area contributed by atoms with Crippen LogP contribution >= 0.6 is 0 Å². The van der Waals surface area contributed by atoms with Crippen LogP contribution in [-0.2, 0) is 25.6 Å². The van der Waals surface area contributed by atoms with E-state index in [1.807, 2.05) is 0 Å². The molecule has 1 aromatic rings. The minimum atomic E-state index is -1.21. The summed E-state index contributed by atoms with van der Waals surface area (Å²) in [5, 5.41) is 23.6. The largest absolute Gasteiger partial charge is 0.508 e. The lowest BCUT2D eigenvalue weighted by molar-refractivity contribution is -0.142. The second-order valence-electron chi connectivity index (χ2n) is 7.47. The summed E-state index contributed by atoms with van der Waals surface area (Å²) in [7, 11) is 0. The van der Waals surface area contributed by atoms with Crippen LogP contribution in [0.4, 0.5) is 0 Å². The van der Waals surface area contributed by atoms with Gasteiger partial charge in [0.25, 0.3) is 0 Å². The van der Waals surface area contributed by atoms with E-state index in [9.17, 15) is 29.4 Å². The molecular formula is C22H29N3O6. The molecule has 1 aliphatic heterocycles. The minimum absolute atomic E-state index is 0.0327. The molecule has 0 saturated carbocycles. The van der Waals surface area contributed by atoms with Gasteiger partial charge in [0.2, 0.25) is 17.7 Å². The van der Waals surface area contributed by atoms with E-state index in [4.69, 9.17) is 0 Å². The number of likely N-dealkylation sites (tertiary alicyclic amines) is 1. The van der Waals surface area contributed by atoms with Crippen LogP contribution in [0.1, 0.15) is 37.7 Å². The number of hydrogen-bond donors (Lipinski definition) is 4. The van der Waals surface area contributed by atoms with Gasteiger partial charge in [0.1, 0.15) is 17.8 Å². The molecular weight excluding hydrogens is 402 g/mol. The Bertz CT molecular complexity index is 808. The van der Waals surface area contributed by atoms with Crippen molar-refractivity contribution in [2.45, 2.75) is 50.6 Å². The fraction of sp³-hybridized carbons (Fsp3) is 0.455. The second-order valence-corrected chi connectivity index (χ2v) is 7.47. The average molecular weight is 431 g/mol. The van der Waals surface area contributed by atoms with Gasteiger partial charge in [-0.3, -0.25) is 14.4 Å². The predicted octanol–water partition coefficient (Wildman–Crippen LogP) is 0.968. The van der Waals surface area contributed by atoms with Crippen molar-refractivity contribution in [1.82, 2.24) is 15.5 Å². The lowest BCUT2D eigenvalue weighted by Crippen LogP contribution is -2.50. The van der Waals surface area contributed by atoms with Crippen LogP contribution in [0.2, 0.25) is 0 Å². The Labute approximate surface area is 181 Å². The van der Waals surface area contributed by atoms with Crippen molar-refractivity contribution < 1.29 is 29.4 Å². The van der Waals surface area contributed by atoms with E-state index in [-0.39, 0.29) is 24.6 Å². The van der Waals surface area contributed by atoms with Crippen molar-refractivity contribution in [1.29, 1.82) is 0 Å². The number of benzene rings is 1. The lowest BCUT2D eigenvalue weighted by atomic mass is 10.1. The first-order chi connectivity index (χ1) is 14.8. The van der Waals surface area contributed by atoms with Gasteiger partial charge in [0.05, 0.1) is 6.54 Å². The number of phenolic OH excluding ortho intramolecular Hbond substituents is 1. The molecule has 0 radical (unpaired) electrons. The summed E-state index contributed by atoms with van der Waals surface area (Å²) in [6.07, 6.45) is 4.76. The Morgan fingerprint density at radius 3 is 2.58 bits per heavy atom. The summed E-state index contributed by atoms with van der Waals surface area (Å²) in [4.78, 5) is 50.0. The van der Waals surface area contributed by atoms with Crippen molar-refractivity contribution in [3.63, 3.8) is 0 Å². The Kier molecular flexibility index (Phi) is 9.05. The van der Waals surface area contributed by atoms with Crippen molar-refractivity contribution in [2.75, 3.05) is 13.1 Å². The summed E-state index contributed by atoms with van der Waals surface area (Å²) in [6, 6.07) is 4.21. The molecule has 31 heavy (non-hydrogen) atoms. The normalized spacial score (nSPS) is 16.4. The maximum Gasteiger partial charge on any atom is 0.326 e. The smallest absolute Gasteiger partial charge is 0.326 e. The first kappa shape index (κ1) is 23.9. The van der Waals surface area contributed by atoms with Gasteiger partial charge in [-0.2, -0.15) is 0 Å². The van der Waals surface area contributed by atoms with E-state index in [1.165, 1.54) is 12.1 Å². The number of aromatic hydroxyl groups is 1. The number of carbonyl (C=O) groups excluding carboxylic acids is 3. The van der Waals surface area contributed by atoms with Crippen LogP contribution in [0.25, 0.3) is 0 Å². The summed E-state index contributed by atoms with van der Waals surface area (Å²) in [5.74, 6) is -2.30. The molecule has 9 nitrogen and oxygen atoms in total. The Hall–Kier alpha value is -3.36. The highest BCUT2D eigenvalue weighted by molar-refractivity contribution is 5.92. The third kappa shape index (κ3) is 7.44. The number of aliphatic carboxylic acids is 1. The number of phenols is 1. The van der Waals surface area contributed by atoms with Gasteiger partial charge in [0.15, 0.2) is 0 Å². The second kappa shape index (κ2) is 11.7. The molecule has 2 atom stereocenters. The van der Waals surface area contributed by atoms with Crippen LogP contribution < -0.4 is 10.6 Å². The summed E-state index contributed by atoms with van der Waals surface area (Å²) in [6.45, 7) is 3.75. The number of amides is 3. The molecule has 1 unspecified atom stereocenters. The molecule has 3 amide bonds. The van der Waals surface area contributed by atoms with E-state index >= 15 is 0 Å². The van der Waals surface area contributed by atoms with Gasteiger partial charge in [-0.05, 0) is 43.4 Å². The maximum absolute atomic E-state index is 12.5. The number of carboxylic acid groups (broad SMARTS) is 1. The summed E-state index contributed by atoms with van der Waals surface area (Å²) in [5.41, 5.74) is 0.631. The number of carbonyl (C=O) groups is 4. The number of nitrogens with one attached hydrogen (secondary N) is 2. The van der Waals surface area contributed by atoms with Gasteiger partial charge in [-0.25, -0.2) is 4.79 Å². The minimum Gasteiger partial charge on any atom is -0.508 e. The van der Waals surface area contributed by atoms with Gasteiger partial charge < -0.3 is 25.7 Å². The van der Waals surface area contributed by atoms with Crippen molar-refractivity contribution in [2.24, 2.45) is 0 Å². The molecule has 1 saturated heterocycles. The zero-order valence-electron chi connectivity index (χ0n) is 17.4. The SMILES string of the molecule is C=CCCCC(=O)N1CCC[C@H]1C(=O)NCC(=O)NC(Cc1ccc(O)cc1)C(=O)O. The molecule has 0 aliphatic carbocycles. The quantitative estimate of drug-likeness (QED) is 0.304. The van der Waals surface area contributed by atoms with E-state index in [0.29, 0.717) is 37.8 Å². The number of nitrogens with zero attached hydrogens (tertiary/aromatic N) is 1. The van der Waals surface area contributed by atoms with Gasteiger partial charge in [-0.15, -0.1) is 6.58 Å². The predicted molar refractivity (Wildman–Crippen MR) is 113 cm³/mol. The zero-order valence-corrected chi connectivity index (χ0v) is 17.4. The van der Waals surface area contributed by atoms with Gasteiger partial charge >= 0.3 is 5.97 Å². The van der Waals surface area contributed by atoms with E-state index in [0.717, 1.165) is 6.42 Å². The van der Waals surface area contributed by atoms with Crippen LogP contribution in [0.15, 0.2) is 36.9 Å². The third-order valence-corrected chi connectivity index (χ3v) is 5.11. The Balaban J connectivity index is 1.84. The van der Waals surface area contributed by atoms with Crippen LogP contribution in [0.3, 0.4) is 0 Å². The molecule has 0 aromatic heterocycles. The molecule has 1 heterocycles. The van der Waals surface area contributed by atoms with Crippen LogP contribution in [0, 0.1) is 0 Å². The number of allylic oxidation sites excluding steroid dienone is 1. The average Bonchev–Trinajstić information content (AvgIpc) is 3.23. The Morgan fingerprint density at radius 1 is 1.23 bits per heavy atom. The highest BCUT2D eigenvalue weighted by Crippen LogP contribution is 2.19. The first-order valence-electron chi connectivity index (χ1n) is 10.3. The molecule has 2 rings (SSSR count). The fourth-order valence-electron chi connectivity index (χ4n) is 3.48. The number of rotatable bonds is 11. The summed E-state index contributed by atoms with van der Waals surface area (Å²) >= 11 is 0. The molecule has 0 bridgehead atoms. The van der Waals surface area contributed by atoms with Crippen molar-refractivity contribution in [3.8, 4) is 5.75 Å². The molecule has 1 aromatic carbocycles. The van der Waals surface area contributed by atoms with E-state index in [1.54, 1.807) is 23.1 Å². The zero-order chi connectivity index (χ0) is 22.8. The molecule has 9 heteroatoms. The van der Waals surface area contributed by atoms with Crippen molar-refractivity contribution >= 4 is 23.7 Å². The van der Waals surface area contributed by atoms with Crippen LogP contribution in [0.5, 0.6) is 5.75 Å². The van der Waals surface area contributed by atoms with E-state index < -0.39 is 29.9 Å². The molecule has 4 N–H and O–H groups in total. The number of carboxylic acids is 1. The molecule has 1 aliphatic rings. The summed E-state index contributed by atoms with van der Waals surface area (Å²) < 4.78 is 0. The topological polar surface area (TPSA) is 136 Å². The molecule has 1 fully saturated rings. The number of unbranched alkanes of at least 4 members (excludes halogenated alkanes) is 1. The first-order valence-corrected chi connectivity index (χ1v) is 10.3. The molecule has 168 valence electrons. The highest BCUT2D eigenvalue weighted by Gasteiger charge is 2.33. The lowest BCUT2D eigenvalue weighted by Gasteiger charge is -2.24. The van der Waals surface area contributed by atoms with Gasteiger partial charge in [-0.1, -0.05) is 18.2 Å². The van der Waals surface area contributed by atoms with E-state index in [2.05, 4.69) is 17.2 Å². The van der Waals surface area contributed by atoms with Crippen molar-refractivity contribution in [3.05, 3.63) is 42.5 Å². The Morgan fingerprint density at radius 2 is 1.94 bits per heavy atom.